The van der Waals surface area contributed by atoms with Crippen molar-refractivity contribution in [3.63, 3.8) is 0 Å². The summed E-state index contributed by atoms with van der Waals surface area (Å²) in [6, 6.07) is -0.660. The van der Waals surface area contributed by atoms with Crippen molar-refractivity contribution in [2.24, 2.45) is 11.7 Å². The molecule has 0 radical (unpaired) electrons. The van der Waals surface area contributed by atoms with Crippen LogP contribution in [0.4, 0.5) is 0 Å². The number of carbonyl (C=O) groups excluding carboxylic acids is 3. The van der Waals surface area contributed by atoms with E-state index in [-0.39, 0.29) is 24.3 Å². The Morgan fingerprint density at radius 1 is 1.55 bits per heavy atom. The van der Waals surface area contributed by atoms with Gasteiger partial charge in [-0.25, -0.2) is 4.79 Å². The Morgan fingerprint density at radius 3 is 2.95 bits per heavy atom. The maximum absolute atomic E-state index is 12.6. The minimum atomic E-state index is -1.63. The van der Waals surface area contributed by atoms with Gasteiger partial charge in [-0.3, -0.25) is 14.5 Å². The summed E-state index contributed by atoms with van der Waals surface area (Å²) in [5, 5.41) is -0.342. The van der Waals surface area contributed by atoms with Crippen LogP contribution in [0, 0.1) is 5.92 Å². The normalized spacial score (nSPS) is 36.0. The average Bonchev–Trinajstić information content (AvgIpc) is 2.81. The van der Waals surface area contributed by atoms with Gasteiger partial charge in [-0.05, 0) is 19.9 Å². The highest BCUT2D eigenvalue weighted by atomic mass is 32.2. The van der Waals surface area contributed by atoms with Crippen LogP contribution in [-0.2, 0) is 23.9 Å². The number of nitrogens with two attached hydrogens (primary N) is 1. The Balaban J connectivity index is 1.88. The third kappa shape index (κ3) is 2.04. The molecule has 3 fully saturated rings. The highest BCUT2D eigenvalue weighted by molar-refractivity contribution is 8.00. The molecule has 3 heterocycles. The number of thioether (sulfide) groups is 1. The summed E-state index contributed by atoms with van der Waals surface area (Å²) < 4.78 is 10.6. The highest BCUT2D eigenvalue weighted by Crippen LogP contribution is 2.51. The lowest BCUT2D eigenvalue weighted by Gasteiger charge is -2.56. The predicted octanol–water partition coefficient (Wildman–Crippen LogP) is -0.00240. The minimum absolute atomic E-state index is 0.0824. The molecular weight excluding hydrogens is 308 g/mol. The first-order valence-corrected chi connectivity index (χ1v) is 8.15. The van der Waals surface area contributed by atoms with Crippen molar-refractivity contribution in [3.8, 4) is 0 Å². The van der Waals surface area contributed by atoms with E-state index in [9.17, 15) is 14.4 Å². The number of ether oxygens (including phenoxy) is 2. The molecule has 0 aromatic rings. The Morgan fingerprint density at radius 2 is 2.27 bits per heavy atom. The van der Waals surface area contributed by atoms with E-state index in [1.807, 2.05) is 13.8 Å². The Labute approximate surface area is 132 Å². The Kier molecular flexibility index (Phi) is 3.68. The standard InChI is InChI=1S/C14H18N2O5S/c1-7(2)3-4-20-13(19)14-8(5-9(17)21-14)6-22-12-10(15)11(18)16(12)14/h3,8,10,12H,4-6,15H2,1-2H3/t8-,10+,12+,14+/m0/s1. The lowest BCUT2D eigenvalue weighted by atomic mass is 9.90. The van der Waals surface area contributed by atoms with Crippen LogP contribution in [0.25, 0.3) is 0 Å². The molecule has 7 nitrogen and oxygen atoms in total. The number of allylic oxidation sites excluding steroid dienone is 1. The molecule has 0 bridgehead atoms. The lowest BCUT2D eigenvalue weighted by Crippen LogP contribution is -2.79. The molecule has 4 atom stereocenters. The van der Waals surface area contributed by atoms with Gasteiger partial charge in [0.1, 0.15) is 18.0 Å². The second-order valence-electron chi connectivity index (χ2n) is 5.91. The van der Waals surface area contributed by atoms with Crippen LogP contribution in [0.2, 0.25) is 0 Å². The average molecular weight is 326 g/mol. The van der Waals surface area contributed by atoms with Crippen LogP contribution >= 0.6 is 11.8 Å². The molecule has 0 aromatic heterocycles. The smallest absolute Gasteiger partial charge is 0.373 e. The van der Waals surface area contributed by atoms with E-state index in [1.54, 1.807) is 6.08 Å². The van der Waals surface area contributed by atoms with Crippen molar-refractivity contribution in [2.75, 3.05) is 12.4 Å². The topological polar surface area (TPSA) is 98.9 Å². The molecule has 3 saturated heterocycles. The molecule has 2 N–H and O–H groups in total. The molecule has 120 valence electrons. The van der Waals surface area contributed by atoms with E-state index in [0.717, 1.165) is 5.57 Å². The number of amides is 1. The monoisotopic (exact) mass is 326 g/mol. The minimum Gasteiger partial charge on any atom is -0.457 e. The number of carbonyl (C=O) groups is 3. The van der Waals surface area contributed by atoms with Gasteiger partial charge < -0.3 is 15.2 Å². The van der Waals surface area contributed by atoms with Gasteiger partial charge >= 0.3 is 11.9 Å². The van der Waals surface area contributed by atoms with Crippen molar-refractivity contribution >= 4 is 29.6 Å². The zero-order valence-corrected chi connectivity index (χ0v) is 13.2. The summed E-state index contributed by atoms with van der Waals surface area (Å²) in [6.07, 6.45) is 1.86. The SMILES string of the molecule is CC(C)=CCOC(=O)[C@]12OC(=O)C[C@H]1CS[C@@H]1[C@H](N)C(=O)N12. The van der Waals surface area contributed by atoms with Gasteiger partial charge in [-0.2, -0.15) is 0 Å². The molecule has 0 unspecified atom stereocenters. The molecular formula is C14H18N2O5S. The first-order valence-electron chi connectivity index (χ1n) is 7.10. The summed E-state index contributed by atoms with van der Waals surface area (Å²) in [5.41, 5.74) is 5.15. The molecule has 0 spiro atoms. The maximum Gasteiger partial charge on any atom is 0.373 e. The zero-order valence-electron chi connectivity index (χ0n) is 12.4. The van der Waals surface area contributed by atoms with Gasteiger partial charge in [0.05, 0.1) is 6.42 Å². The lowest BCUT2D eigenvalue weighted by molar-refractivity contribution is -0.217. The number of rotatable bonds is 3. The molecule has 8 heteroatoms. The number of nitrogens with zero attached hydrogens (tertiary/aromatic N) is 1. The van der Waals surface area contributed by atoms with E-state index >= 15 is 0 Å². The first kappa shape index (κ1) is 15.4. The number of β-lactam (4-membered cyclic amide) rings is 1. The summed E-state index contributed by atoms with van der Waals surface area (Å²) in [6.45, 7) is 3.85. The Bertz CT molecular complexity index is 574. The van der Waals surface area contributed by atoms with Crippen molar-refractivity contribution in [1.82, 2.24) is 4.90 Å². The fourth-order valence-electron chi connectivity index (χ4n) is 2.98. The molecule has 3 aliphatic rings. The fourth-order valence-corrected chi connectivity index (χ4v) is 4.49. The van der Waals surface area contributed by atoms with Gasteiger partial charge in [-0.1, -0.05) is 5.57 Å². The molecule has 3 aliphatic heterocycles. The van der Waals surface area contributed by atoms with Crippen molar-refractivity contribution in [2.45, 2.75) is 37.4 Å². The van der Waals surface area contributed by atoms with Crippen LogP contribution in [0.1, 0.15) is 20.3 Å². The molecule has 22 heavy (non-hydrogen) atoms. The van der Waals surface area contributed by atoms with Gasteiger partial charge in [-0.15, -0.1) is 11.8 Å². The summed E-state index contributed by atoms with van der Waals surface area (Å²) in [4.78, 5) is 37.8. The quantitative estimate of drug-likeness (QED) is 0.443. The highest BCUT2D eigenvalue weighted by Gasteiger charge is 2.70. The molecule has 0 saturated carbocycles. The summed E-state index contributed by atoms with van der Waals surface area (Å²) >= 11 is 1.48. The van der Waals surface area contributed by atoms with E-state index in [4.69, 9.17) is 15.2 Å². The fraction of sp³-hybridized carbons (Fsp3) is 0.643. The number of fused-ring (bicyclic) bond motifs is 3. The second kappa shape index (κ2) is 5.27. The second-order valence-corrected chi connectivity index (χ2v) is 7.06. The number of hydrogen-bond donors (Lipinski definition) is 1. The van der Waals surface area contributed by atoms with Gasteiger partial charge in [0.25, 0.3) is 5.72 Å². The van der Waals surface area contributed by atoms with Crippen LogP contribution in [-0.4, -0.2) is 52.2 Å². The van der Waals surface area contributed by atoms with Crippen LogP contribution < -0.4 is 5.73 Å². The van der Waals surface area contributed by atoms with Crippen LogP contribution in [0.15, 0.2) is 11.6 Å². The third-order valence-electron chi connectivity index (χ3n) is 4.14. The van der Waals surface area contributed by atoms with E-state index in [2.05, 4.69) is 0 Å². The van der Waals surface area contributed by atoms with Crippen molar-refractivity contribution in [3.05, 3.63) is 11.6 Å². The molecule has 0 aliphatic carbocycles. The van der Waals surface area contributed by atoms with E-state index < -0.39 is 29.6 Å². The molecule has 1 amide bonds. The van der Waals surface area contributed by atoms with Gasteiger partial charge in [0.15, 0.2) is 0 Å². The number of hydrogen-bond acceptors (Lipinski definition) is 7. The van der Waals surface area contributed by atoms with Gasteiger partial charge in [0, 0.05) is 11.7 Å². The summed E-state index contributed by atoms with van der Waals surface area (Å²) in [5.74, 6) is -1.41. The third-order valence-corrected chi connectivity index (χ3v) is 5.59. The van der Waals surface area contributed by atoms with Crippen LogP contribution in [0.5, 0.6) is 0 Å². The van der Waals surface area contributed by atoms with Crippen LogP contribution in [0.3, 0.4) is 0 Å². The predicted molar refractivity (Wildman–Crippen MR) is 78.4 cm³/mol. The van der Waals surface area contributed by atoms with E-state index in [0.29, 0.717) is 5.75 Å². The first-order chi connectivity index (χ1) is 10.4. The van der Waals surface area contributed by atoms with E-state index in [1.165, 1.54) is 16.7 Å². The van der Waals surface area contributed by atoms with Crippen molar-refractivity contribution in [1.29, 1.82) is 0 Å². The molecule has 3 rings (SSSR count). The number of esters is 2. The molecule has 0 aromatic carbocycles. The van der Waals surface area contributed by atoms with Gasteiger partial charge in [0.2, 0.25) is 5.91 Å². The Hall–Kier alpha value is -1.54. The maximum atomic E-state index is 12.6. The summed E-state index contributed by atoms with van der Waals surface area (Å²) in [7, 11) is 0. The van der Waals surface area contributed by atoms with Crippen molar-refractivity contribution < 1.29 is 23.9 Å². The largest absolute Gasteiger partial charge is 0.457 e. The zero-order chi connectivity index (χ0) is 16.1.